The van der Waals surface area contributed by atoms with E-state index in [0.717, 1.165) is 6.26 Å². The third-order valence-electron chi connectivity index (χ3n) is 2.48. The van der Waals surface area contributed by atoms with Crippen molar-refractivity contribution in [1.29, 1.82) is 0 Å². The topological polar surface area (TPSA) is 83.6 Å². The van der Waals surface area contributed by atoms with E-state index in [1.807, 2.05) is 0 Å². The largest absolute Gasteiger partial charge is 0.353 e. The van der Waals surface area contributed by atoms with Gasteiger partial charge < -0.3 is 10.2 Å². The maximum absolute atomic E-state index is 11.8. The molecule has 0 aromatic heterocycles. The number of piperazine rings is 1. The summed E-state index contributed by atoms with van der Waals surface area (Å²) in [4.78, 5) is 24.8. The summed E-state index contributed by atoms with van der Waals surface area (Å²) in [5, 5.41) is 2.67. The number of hydrogen-bond acceptors (Lipinski definition) is 4. The summed E-state index contributed by atoms with van der Waals surface area (Å²) in [7, 11) is -0.863. The van der Waals surface area contributed by atoms with E-state index < -0.39 is 27.5 Å². The summed E-state index contributed by atoms with van der Waals surface area (Å²) in [6, 6.07) is -0.546. The summed E-state index contributed by atoms with van der Waals surface area (Å²) in [5.74, 6) is -1.24. The van der Waals surface area contributed by atoms with Gasteiger partial charge in [0.25, 0.3) is 0 Å². The van der Waals surface area contributed by atoms with Crippen LogP contribution in [0.4, 0.5) is 0 Å². The Hall–Kier alpha value is -0.680. The zero-order chi connectivity index (χ0) is 13.1. The lowest BCUT2D eigenvalue weighted by Crippen LogP contribution is -2.58. The van der Waals surface area contributed by atoms with Crippen LogP contribution in [0.3, 0.4) is 0 Å². The molecule has 1 rings (SSSR count). The molecule has 0 aromatic rings. The number of carbonyl (C=O) groups is 2. The highest BCUT2D eigenvalue weighted by Crippen LogP contribution is 2.11. The molecule has 1 saturated heterocycles. The third kappa shape index (κ3) is 4.24. The minimum Gasteiger partial charge on any atom is -0.353 e. The molecule has 0 bridgehead atoms. The van der Waals surface area contributed by atoms with Gasteiger partial charge in [-0.05, 0) is 12.6 Å². The van der Waals surface area contributed by atoms with Gasteiger partial charge >= 0.3 is 0 Å². The molecule has 1 fully saturated rings. The van der Waals surface area contributed by atoms with E-state index in [9.17, 15) is 18.0 Å². The second-order valence-corrected chi connectivity index (χ2v) is 6.76. The first kappa shape index (κ1) is 14.4. The Labute approximate surface area is 103 Å². The van der Waals surface area contributed by atoms with Crippen molar-refractivity contribution in [2.24, 2.45) is 0 Å². The van der Waals surface area contributed by atoms with Gasteiger partial charge in [-0.1, -0.05) is 0 Å². The standard InChI is InChI=1S/C9H17N2O4PS/c1-17(14,15)6-8(12)11-4-3-10-9(13)7(11)2-5-16/h7H,2-6,16H2,1H3,(H,10,13). The Morgan fingerprint density at radius 2 is 2.24 bits per heavy atom. The van der Waals surface area contributed by atoms with Crippen molar-refractivity contribution in [2.45, 2.75) is 12.5 Å². The molecule has 1 aliphatic rings. The number of sulfone groups is 1. The zero-order valence-corrected chi connectivity index (χ0v) is 11.6. The van der Waals surface area contributed by atoms with Crippen LogP contribution in [0.5, 0.6) is 0 Å². The summed E-state index contributed by atoms with van der Waals surface area (Å²) < 4.78 is 22.2. The van der Waals surface area contributed by atoms with Crippen LogP contribution in [0.15, 0.2) is 0 Å². The van der Waals surface area contributed by atoms with E-state index in [0.29, 0.717) is 25.7 Å². The highest BCUT2D eigenvalue weighted by molar-refractivity contribution is 7.91. The molecular formula is C9H17N2O4PS. The van der Waals surface area contributed by atoms with E-state index >= 15 is 0 Å². The smallest absolute Gasteiger partial charge is 0.242 e. The summed E-state index contributed by atoms with van der Waals surface area (Å²) in [6.07, 6.45) is 2.21. The average Bonchev–Trinajstić information content (AvgIpc) is 2.18. The van der Waals surface area contributed by atoms with E-state index in [1.165, 1.54) is 4.90 Å². The summed E-state index contributed by atoms with van der Waals surface area (Å²) >= 11 is 0. The Bertz CT molecular complexity index is 409. The average molecular weight is 280 g/mol. The molecule has 1 heterocycles. The van der Waals surface area contributed by atoms with Crippen LogP contribution in [-0.4, -0.2) is 62.4 Å². The summed E-state index contributed by atoms with van der Waals surface area (Å²) in [6.45, 7) is 0.747. The van der Waals surface area contributed by atoms with Crippen LogP contribution in [0, 0.1) is 0 Å². The highest BCUT2D eigenvalue weighted by atomic mass is 32.2. The Balaban J connectivity index is 2.78. The SMILES string of the molecule is CS(=O)(=O)CC(=O)N1CCNC(=O)C1CCP. The monoisotopic (exact) mass is 280 g/mol. The van der Waals surface area contributed by atoms with Crippen LogP contribution in [0.1, 0.15) is 6.42 Å². The maximum atomic E-state index is 11.8. The van der Waals surface area contributed by atoms with Crippen LogP contribution in [0.2, 0.25) is 0 Å². The van der Waals surface area contributed by atoms with Crippen LogP contribution in [-0.2, 0) is 19.4 Å². The lowest BCUT2D eigenvalue weighted by Gasteiger charge is -2.34. The first-order chi connectivity index (χ1) is 7.85. The molecule has 8 heteroatoms. The van der Waals surface area contributed by atoms with Crippen molar-refractivity contribution in [3.63, 3.8) is 0 Å². The molecule has 1 N–H and O–H groups in total. The van der Waals surface area contributed by atoms with E-state index in [1.54, 1.807) is 0 Å². The molecular weight excluding hydrogens is 263 g/mol. The molecule has 2 unspecified atom stereocenters. The Morgan fingerprint density at radius 1 is 1.59 bits per heavy atom. The molecule has 0 radical (unpaired) electrons. The van der Waals surface area contributed by atoms with Gasteiger partial charge in [0.1, 0.15) is 11.8 Å². The number of rotatable bonds is 4. The van der Waals surface area contributed by atoms with Crippen LogP contribution < -0.4 is 5.32 Å². The van der Waals surface area contributed by atoms with Gasteiger partial charge in [-0.3, -0.25) is 9.59 Å². The van der Waals surface area contributed by atoms with Gasteiger partial charge in [0.2, 0.25) is 11.8 Å². The maximum Gasteiger partial charge on any atom is 0.242 e. The molecule has 98 valence electrons. The minimum absolute atomic E-state index is 0.208. The molecule has 0 spiro atoms. The number of amides is 2. The molecule has 2 atom stereocenters. The molecule has 0 saturated carbocycles. The fourth-order valence-corrected chi connectivity index (χ4v) is 2.70. The van der Waals surface area contributed by atoms with Crippen molar-refractivity contribution in [2.75, 3.05) is 31.3 Å². The quantitative estimate of drug-likeness (QED) is 0.644. The fraction of sp³-hybridized carbons (Fsp3) is 0.778. The van der Waals surface area contributed by atoms with Crippen LogP contribution >= 0.6 is 9.24 Å². The van der Waals surface area contributed by atoms with Gasteiger partial charge in [0.05, 0.1) is 0 Å². The van der Waals surface area contributed by atoms with Crippen molar-refractivity contribution >= 4 is 30.9 Å². The predicted octanol–water partition coefficient (Wildman–Crippen LogP) is -1.38. The van der Waals surface area contributed by atoms with Gasteiger partial charge in [0, 0.05) is 19.3 Å². The van der Waals surface area contributed by atoms with Crippen molar-refractivity contribution < 1.29 is 18.0 Å². The van der Waals surface area contributed by atoms with E-state index in [-0.39, 0.29) is 5.91 Å². The number of carbonyl (C=O) groups excluding carboxylic acids is 2. The van der Waals surface area contributed by atoms with Gasteiger partial charge in [-0.25, -0.2) is 8.42 Å². The normalized spacial score (nSPS) is 21.2. The number of hydrogen-bond donors (Lipinski definition) is 1. The molecule has 2 amide bonds. The molecule has 0 aliphatic carbocycles. The number of nitrogens with one attached hydrogen (secondary N) is 1. The van der Waals surface area contributed by atoms with Crippen molar-refractivity contribution in [3.8, 4) is 0 Å². The molecule has 1 aliphatic heterocycles. The first-order valence-corrected chi connectivity index (χ1v) is 8.18. The second kappa shape index (κ2) is 5.78. The lowest BCUT2D eigenvalue weighted by atomic mass is 10.1. The predicted molar refractivity (Wildman–Crippen MR) is 67.4 cm³/mol. The fourth-order valence-electron chi connectivity index (χ4n) is 1.77. The Kier molecular flexibility index (Phi) is 4.89. The zero-order valence-electron chi connectivity index (χ0n) is 9.68. The minimum atomic E-state index is -3.36. The van der Waals surface area contributed by atoms with Gasteiger partial charge in [0.15, 0.2) is 9.84 Å². The van der Waals surface area contributed by atoms with Crippen molar-refractivity contribution in [3.05, 3.63) is 0 Å². The lowest BCUT2D eigenvalue weighted by molar-refractivity contribution is -0.141. The Morgan fingerprint density at radius 3 is 2.76 bits per heavy atom. The van der Waals surface area contributed by atoms with Crippen LogP contribution in [0.25, 0.3) is 0 Å². The highest BCUT2D eigenvalue weighted by Gasteiger charge is 2.33. The van der Waals surface area contributed by atoms with E-state index in [4.69, 9.17) is 0 Å². The molecule has 0 aromatic carbocycles. The first-order valence-electron chi connectivity index (χ1n) is 5.30. The number of nitrogens with zero attached hydrogens (tertiary/aromatic N) is 1. The third-order valence-corrected chi connectivity index (χ3v) is 3.58. The van der Waals surface area contributed by atoms with E-state index in [2.05, 4.69) is 14.6 Å². The second-order valence-electron chi connectivity index (χ2n) is 4.04. The van der Waals surface area contributed by atoms with Crippen molar-refractivity contribution in [1.82, 2.24) is 10.2 Å². The molecule has 6 nitrogen and oxygen atoms in total. The van der Waals surface area contributed by atoms with Gasteiger partial charge in [-0.15, -0.1) is 9.24 Å². The van der Waals surface area contributed by atoms with Gasteiger partial charge in [-0.2, -0.15) is 0 Å². The molecule has 17 heavy (non-hydrogen) atoms. The summed E-state index contributed by atoms with van der Waals surface area (Å²) in [5.41, 5.74) is 0.